The quantitative estimate of drug-likeness (QED) is 0.262. The van der Waals surface area contributed by atoms with E-state index >= 15 is 0 Å². The minimum Gasteiger partial charge on any atom is -0.385 e. The summed E-state index contributed by atoms with van der Waals surface area (Å²) in [6.45, 7) is 10.6. The summed E-state index contributed by atoms with van der Waals surface area (Å²) in [7, 11) is -3.58. The van der Waals surface area contributed by atoms with Crippen molar-refractivity contribution in [3.05, 3.63) is 48.5 Å². The first-order valence-electron chi connectivity index (χ1n) is 12.9. The van der Waals surface area contributed by atoms with Crippen LogP contribution in [-0.4, -0.2) is 21.5 Å². The SMILES string of the molecule is CCCCC(CC)CNc1cccc(S(=O)(=O)c2cccc(NCC(CC)CCCC)c2)c1. The molecule has 184 valence electrons. The van der Waals surface area contributed by atoms with E-state index in [1.807, 2.05) is 24.3 Å². The average molecular weight is 473 g/mol. The number of benzene rings is 2. The number of hydrogen-bond acceptors (Lipinski definition) is 4. The average Bonchev–Trinajstić information content (AvgIpc) is 2.84. The number of hydrogen-bond donors (Lipinski definition) is 2. The Hall–Kier alpha value is -2.01. The Morgan fingerprint density at radius 1 is 0.697 bits per heavy atom. The van der Waals surface area contributed by atoms with Gasteiger partial charge in [0.05, 0.1) is 9.79 Å². The molecule has 5 heteroatoms. The van der Waals surface area contributed by atoms with E-state index in [0.29, 0.717) is 21.6 Å². The van der Waals surface area contributed by atoms with Crippen molar-refractivity contribution in [3.63, 3.8) is 0 Å². The maximum atomic E-state index is 13.4. The summed E-state index contributed by atoms with van der Waals surface area (Å²) in [5, 5.41) is 6.92. The first-order valence-corrected chi connectivity index (χ1v) is 14.4. The molecule has 0 amide bonds. The van der Waals surface area contributed by atoms with Crippen LogP contribution in [0.5, 0.6) is 0 Å². The van der Waals surface area contributed by atoms with Gasteiger partial charge in [0.25, 0.3) is 0 Å². The molecule has 2 aromatic rings. The van der Waals surface area contributed by atoms with E-state index in [9.17, 15) is 8.42 Å². The van der Waals surface area contributed by atoms with Gasteiger partial charge in [-0.15, -0.1) is 0 Å². The molecular formula is C28H44N2O2S. The minimum atomic E-state index is -3.58. The number of anilines is 2. The van der Waals surface area contributed by atoms with E-state index in [1.165, 1.54) is 38.5 Å². The first-order chi connectivity index (χ1) is 15.9. The molecule has 2 N–H and O–H groups in total. The Balaban J connectivity index is 2.10. The second kappa shape index (κ2) is 14.3. The summed E-state index contributed by atoms with van der Waals surface area (Å²) >= 11 is 0. The van der Waals surface area contributed by atoms with Crippen molar-refractivity contribution in [1.82, 2.24) is 0 Å². The monoisotopic (exact) mass is 472 g/mol. The Morgan fingerprint density at radius 3 is 1.48 bits per heavy atom. The molecule has 2 aromatic carbocycles. The Kier molecular flexibility index (Phi) is 11.8. The van der Waals surface area contributed by atoms with Crippen molar-refractivity contribution in [1.29, 1.82) is 0 Å². The molecule has 4 nitrogen and oxygen atoms in total. The Bertz CT molecular complexity index is 857. The van der Waals surface area contributed by atoms with Crippen molar-refractivity contribution in [2.75, 3.05) is 23.7 Å². The molecule has 33 heavy (non-hydrogen) atoms. The molecule has 0 radical (unpaired) electrons. The molecule has 0 fully saturated rings. The summed E-state index contributed by atoms with van der Waals surface area (Å²) in [6, 6.07) is 14.4. The maximum Gasteiger partial charge on any atom is 0.206 e. The van der Waals surface area contributed by atoms with Gasteiger partial charge >= 0.3 is 0 Å². The van der Waals surface area contributed by atoms with Crippen LogP contribution in [-0.2, 0) is 9.84 Å². The maximum absolute atomic E-state index is 13.4. The molecule has 0 aliphatic heterocycles. The van der Waals surface area contributed by atoms with Gasteiger partial charge in [-0.1, -0.05) is 78.4 Å². The lowest BCUT2D eigenvalue weighted by Crippen LogP contribution is -2.14. The highest BCUT2D eigenvalue weighted by Crippen LogP contribution is 2.26. The standard InChI is InChI=1S/C28H44N2O2S/c1-5-9-13-23(7-3)21-29-25-15-11-17-27(19-25)33(31,32)28-18-12-16-26(20-28)30-22-24(8-4)14-10-6-2/h11-12,15-20,23-24,29-30H,5-10,13-14,21-22H2,1-4H3. The fraction of sp³-hybridized carbons (Fsp3) is 0.571. The van der Waals surface area contributed by atoms with Crippen molar-refractivity contribution >= 4 is 21.2 Å². The van der Waals surface area contributed by atoms with Gasteiger partial charge in [0.1, 0.15) is 0 Å². The predicted octanol–water partition coefficient (Wildman–Crippen LogP) is 7.78. The zero-order valence-corrected chi connectivity index (χ0v) is 21.9. The third-order valence-corrected chi connectivity index (χ3v) is 8.31. The molecule has 2 atom stereocenters. The normalized spacial score (nSPS) is 13.5. The van der Waals surface area contributed by atoms with Gasteiger partial charge in [-0.2, -0.15) is 0 Å². The van der Waals surface area contributed by atoms with Gasteiger partial charge in [-0.05, 0) is 61.1 Å². The van der Waals surface area contributed by atoms with Gasteiger partial charge < -0.3 is 10.6 Å². The summed E-state index contributed by atoms with van der Waals surface area (Å²) in [6.07, 6.45) is 9.54. The molecule has 0 saturated carbocycles. The van der Waals surface area contributed by atoms with Crippen molar-refractivity contribution in [2.45, 2.75) is 88.9 Å². The van der Waals surface area contributed by atoms with E-state index in [2.05, 4.69) is 38.3 Å². The number of rotatable bonds is 16. The van der Waals surface area contributed by atoms with Crippen LogP contribution in [0.1, 0.15) is 79.1 Å². The minimum absolute atomic E-state index is 0.334. The van der Waals surface area contributed by atoms with E-state index in [-0.39, 0.29) is 0 Å². The van der Waals surface area contributed by atoms with E-state index < -0.39 is 9.84 Å². The summed E-state index contributed by atoms with van der Waals surface area (Å²) < 4.78 is 26.7. The molecule has 0 aliphatic carbocycles. The Morgan fingerprint density at radius 2 is 1.12 bits per heavy atom. The molecule has 2 unspecified atom stereocenters. The largest absolute Gasteiger partial charge is 0.385 e. The fourth-order valence-corrected chi connectivity index (χ4v) is 5.45. The molecule has 0 aromatic heterocycles. The topological polar surface area (TPSA) is 58.2 Å². The molecule has 0 aliphatic rings. The molecular weight excluding hydrogens is 428 g/mol. The van der Waals surface area contributed by atoms with Crippen LogP contribution >= 0.6 is 0 Å². The van der Waals surface area contributed by atoms with Gasteiger partial charge in [0.15, 0.2) is 0 Å². The fourth-order valence-electron chi connectivity index (χ4n) is 4.09. The van der Waals surface area contributed by atoms with E-state index in [4.69, 9.17) is 0 Å². The van der Waals surface area contributed by atoms with Crippen LogP contribution < -0.4 is 10.6 Å². The molecule has 2 rings (SSSR count). The molecule has 0 bridgehead atoms. The summed E-state index contributed by atoms with van der Waals surface area (Å²) in [4.78, 5) is 0.668. The molecule has 0 saturated heterocycles. The van der Waals surface area contributed by atoms with Crippen LogP contribution in [0.4, 0.5) is 11.4 Å². The lowest BCUT2D eigenvalue weighted by molar-refractivity contribution is 0.473. The summed E-state index contributed by atoms with van der Waals surface area (Å²) in [5.41, 5.74) is 1.73. The zero-order valence-electron chi connectivity index (χ0n) is 21.1. The lowest BCUT2D eigenvalue weighted by Gasteiger charge is -2.17. The Labute approximate surface area is 202 Å². The highest BCUT2D eigenvalue weighted by molar-refractivity contribution is 7.91. The van der Waals surface area contributed by atoms with Crippen LogP contribution in [0.25, 0.3) is 0 Å². The highest BCUT2D eigenvalue weighted by Gasteiger charge is 2.19. The van der Waals surface area contributed by atoms with Crippen LogP contribution in [0, 0.1) is 11.8 Å². The zero-order chi connectivity index (χ0) is 24.1. The van der Waals surface area contributed by atoms with Crippen molar-refractivity contribution in [3.8, 4) is 0 Å². The van der Waals surface area contributed by atoms with Crippen molar-refractivity contribution in [2.24, 2.45) is 11.8 Å². The second-order valence-electron chi connectivity index (χ2n) is 9.15. The number of nitrogens with one attached hydrogen (secondary N) is 2. The predicted molar refractivity (Wildman–Crippen MR) is 142 cm³/mol. The number of sulfone groups is 1. The highest BCUT2D eigenvalue weighted by atomic mass is 32.2. The summed E-state index contributed by atoms with van der Waals surface area (Å²) in [5.74, 6) is 1.22. The van der Waals surface area contributed by atoms with E-state index in [1.54, 1.807) is 24.3 Å². The third kappa shape index (κ3) is 8.69. The van der Waals surface area contributed by atoms with Gasteiger partial charge in [0.2, 0.25) is 9.84 Å². The lowest BCUT2D eigenvalue weighted by atomic mass is 9.99. The van der Waals surface area contributed by atoms with E-state index in [0.717, 1.165) is 37.3 Å². The second-order valence-corrected chi connectivity index (χ2v) is 11.1. The van der Waals surface area contributed by atoms with Gasteiger partial charge in [-0.25, -0.2) is 8.42 Å². The van der Waals surface area contributed by atoms with Crippen LogP contribution in [0.2, 0.25) is 0 Å². The van der Waals surface area contributed by atoms with Crippen LogP contribution in [0.3, 0.4) is 0 Å². The molecule has 0 spiro atoms. The van der Waals surface area contributed by atoms with Gasteiger partial charge in [0, 0.05) is 24.5 Å². The molecule has 0 heterocycles. The van der Waals surface area contributed by atoms with Crippen LogP contribution in [0.15, 0.2) is 58.3 Å². The van der Waals surface area contributed by atoms with Crippen molar-refractivity contribution < 1.29 is 8.42 Å². The van der Waals surface area contributed by atoms with Gasteiger partial charge in [-0.3, -0.25) is 0 Å². The third-order valence-electron chi connectivity index (χ3n) is 6.56. The number of unbranched alkanes of at least 4 members (excludes halogenated alkanes) is 2. The smallest absolute Gasteiger partial charge is 0.206 e. The first kappa shape index (κ1) is 27.2.